The number of aliphatic imine (C=N–C) groups is 1. The van der Waals surface area contributed by atoms with Crippen molar-refractivity contribution in [3.8, 4) is 0 Å². The molecule has 0 unspecified atom stereocenters. The molecule has 28 heavy (non-hydrogen) atoms. The molecule has 148 valence electrons. The molecule has 1 aliphatic heterocycles. The van der Waals surface area contributed by atoms with Gasteiger partial charge in [-0.3, -0.25) is 4.99 Å². The van der Waals surface area contributed by atoms with Crippen molar-refractivity contribution in [1.29, 1.82) is 0 Å². The number of nitrogens with zero attached hydrogens (tertiary/aromatic N) is 3. The summed E-state index contributed by atoms with van der Waals surface area (Å²) in [5, 5.41) is 4.85. The fraction of sp³-hybridized carbons (Fsp3) is 0.318. The molecular weight excluding hydrogens is 461 g/mol. The summed E-state index contributed by atoms with van der Waals surface area (Å²) in [5.74, 6) is 1.00. The maximum atomic E-state index is 4.50. The predicted octanol–water partition coefficient (Wildman–Crippen LogP) is 3.73. The number of H-pyrrole nitrogens is 1. The molecule has 5 nitrogen and oxygen atoms in total. The Kier molecular flexibility index (Phi) is 7.19. The lowest BCUT2D eigenvalue weighted by molar-refractivity contribution is 0.373. The molecule has 1 fully saturated rings. The van der Waals surface area contributed by atoms with E-state index in [1.165, 1.54) is 22.2 Å². The van der Waals surface area contributed by atoms with Crippen molar-refractivity contribution in [3.05, 3.63) is 66.4 Å². The van der Waals surface area contributed by atoms with Crippen LogP contribution >= 0.6 is 24.0 Å². The summed E-state index contributed by atoms with van der Waals surface area (Å²) in [7, 11) is 1.87. The quantitative estimate of drug-likeness (QED) is 0.334. The highest BCUT2D eigenvalue weighted by Gasteiger charge is 2.19. The van der Waals surface area contributed by atoms with E-state index >= 15 is 0 Å². The Balaban J connectivity index is 0.00000225. The van der Waals surface area contributed by atoms with Gasteiger partial charge in [-0.15, -0.1) is 24.0 Å². The van der Waals surface area contributed by atoms with Gasteiger partial charge in [-0.1, -0.05) is 36.4 Å². The van der Waals surface area contributed by atoms with Crippen molar-refractivity contribution in [2.45, 2.75) is 6.42 Å². The van der Waals surface area contributed by atoms with Crippen LogP contribution < -0.4 is 10.2 Å². The fourth-order valence-electron chi connectivity index (χ4n) is 3.79. The van der Waals surface area contributed by atoms with Crippen molar-refractivity contribution < 1.29 is 0 Å². The second kappa shape index (κ2) is 9.82. The molecule has 0 aliphatic carbocycles. The van der Waals surface area contributed by atoms with Crippen LogP contribution in [0.1, 0.15) is 5.56 Å². The maximum Gasteiger partial charge on any atom is 0.193 e. The topological polar surface area (TPSA) is 46.7 Å². The normalized spacial score (nSPS) is 14.8. The van der Waals surface area contributed by atoms with Crippen molar-refractivity contribution in [2.24, 2.45) is 4.99 Å². The first kappa shape index (κ1) is 20.5. The van der Waals surface area contributed by atoms with Gasteiger partial charge in [-0.2, -0.15) is 0 Å². The SMILES string of the molecule is CN=C(NCCc1c[nH]c2ccccc12)N1CCN(c2ccccc2)CC1.I. The van der Waals surface area contributed by atoms with Crippen molar-refractivity contribution in [1.82, 2.24) is 15.2 Å². The number of halogens is 1. The van der Waals surface area contributed by atoms with Crippen LogP contribution in [0.2, 0.25) is 0 Å². The summed E-state index contributed by atoms with van der Waals surface area (Å²) in [5.41, 5.74) is 3.86. The predicted molar refractivity (Wildman–Crippen MR) is 129 cm³/mol. The van der Waals surface area contributed by atoms with Gasteiger partial charge in [0.1, 0.15) is 0 Å². The van der Waals surface area contributed by atoms with Gasteiger partial charge in [-0.25, -0.2) is 0 Å². The first-order valence-electron chi connectivity index (χ1n) is 9.66. The Bertz CT molecular complexity index is 897. The van der Waals surface area contributed by atoms with Gasteiger partial charge in [0.25, 0.3) is 0 Å². The molecule has 2 N–H and O–H groups in total. The van der Waals surface area contributed by atoms with E-state index in [4.69, 9.17) is 0 Å². The lowest BCUT2D eigenvalue weighted by Crippen LogP contribution is -2.52. The van der Waals surface area contributed by atoms with Gasteiger partial charge in [0, 0.05) is 62.6 Å². The van der Waals surface area contributed by atoms with Crippen LogP contribution in [0.15, 0.2) is 65.8 Å². The zero-order valence-corrected chi connectivity index (χ0v) is 18.6. The number of benzene rings is 2. The third kappa shape index (κ3) is 4.60. The summed E-state index contributed by atoms with van der Waals surface area (Å²) in [6.07, 6.45) is 3.10. The maximum absolute atomic E-state index is 4.50. The van der Waals surface area contributed by atoms with Crippen molar-refractivity contribution >= 4 is 46.5 Å². The zero-order valence-electron chi connectivity index (χ0n) is 16.3. The Labute approximate surface area is 183 Å². The van der Waals surface area contributed by atoms with Crippen LogP contribution in [0.3, 0.4) is 0 Å². The molecule has 2 aromatic carbocycles. The van der Waals surface area contributed by atoms with E-state index in [-0.39, 0.29) is 24.0 Å². The van der Waals surface area contributed by atoms with Gasteiger partial charge in [0.2, 0.25) is 0 Å². The third-order valence-electron chi connectivity index (χ3n) is 5.26. The van der Waals surface area contributed by atoms with Crippen LogP contribution in [0.25, 0.3) is 10.9 Å². The van der Waals surface area contributed by atoms with E-state index in [9.17, 15) is 0 Å². The molecule has 2 heterocycles. The van der Waals surface area contributed by atoms with Crippen molar-refractivity contribution in [3.63, 3.8) is 0 Å². The lowest BCUT2D eigenvalue weighted by Gasteiger charge is -2.37. The standard InChI is InChI=1S/C22H27N5.HI/c1-23-22(24-12-11-18-17-25-21-10-6-5-9-20(18)21)27-15-13-26(14-16-27)19-7-3-2-4-8-19;/h2-10,17,25H,11-16H2,1H3,(H,23,24);1H. The van der Waals surface area contributed by atoms with Gasteiger partial charge < -0.3 is 20.1 Å². The molecule has 1 aliphatic rings. The minimum Gasteiger partial charge on any atom is -0.368 e. The van der Waals surface area contributed by atoms with Crippen LogP contribution in [-0.4, -0.2) is 55.6 Å². The molecule has 1 aromatic heterocycles. The van der Waals surface area contributed by atoms with Gasteiger partial charge in [-0.05, 0) is 30.2 Å². The van der Waals surface area contributed by atoms with Crippen LogP contribution in [0.5, 0.6) is 0 Å². The minimum atomic E-state index is 0. The molecule has 4 rings (SSSR count). The van der Waals surface area contributed by atoms with E-state index < -0.39 is 0 Å². The van der Waals surface area contributed by atoms with E-state index in [1.807, 2.05) is 7.05 Å². The molecule has 1 saturated heterocycles. The fourth-order valence-corrected chi connectivity index (χ4v) is 3.79. The lowest BCUT2D eigenvalue weighted by atomic mass is 10.1. The van der Waals surface area contributed by atoms with Gasteiger partial charge in [0.15, 0.2) is 5.96 Å². The highest BCUT2D eigenvalue weighted by atomic mass is 127. The number of aromatic nitrogens is 1. The van der Waals surface area contributed by atoms with Gasteiger partial charge >= 0.3 is 0 Å². The first-order valence-corrected chi connectivity index (χ1v) is 9.66. The van der Waals surface area contributed by atoms with E-state index in [0.717, 1.165) is 45.1 Å². The number of anilines is 1. The summed E-state index contributed by atoms with van der Waals surface area (Å²) in [4.78, 5) is 12.6. The Morgan fingerprint density at radius 1 is 1.00 bits per heavy atom. The Hall–Kier alpha value is -2.22. The molecule has 0 radical (unpaired) electrons. The third-order valence-corrected chi connectivity index (χ3v) is 5.26. The van der Waals surface area contributed by atoms with E-state index in [1.54, 1.807) is 0 Å². The Morgan fingerprint density at radius 3 is 2.46 bits per heavy atom. The molecule has 3 aromatic rings. The first-order chi connectivity index (χ1) is 13.3. The summed E-state index contributed by atoms with van der Waals surface area (Å²) < 4.78 is 0. The smallest absolute Gasteiger partial charge is 0.193 e. The molecule has 0 atom stereocenters. The van der Waals surface area contributed by atoms with Crippen LogP contribution in [0, 0.1) is 0 Å². The highest BCUT2D eigenvalue weighted by Crippen LogP contribution is 2.18. The number of piperazine rings is 1. The number of hydrogen-bond acceptors (Lipinski definition) is 2. The minimum absolute atomic E-state index is 0. The molecule has 6 heteroatoms. The van der Waals surface area contributed by atoms with Crippen LogP contribution in [0.4, 0.5) is 5.69 Å². The molecule has 0 amide bonds. The molecule has 0 spiro atoms. The molecule has 0 bridgehead atoms. The Morgan fingerprint density at radius 2 is 1.71 bits per heavy atom. The highest BCUT2D eigenvalue weighted by molar-refractivity contribution is 14.0. The number of fused-ring (bicyclic) bond motifs is 1. The number of para-hydroxylation sites is 2. The summed E-state index contributed by atoms with van der Waals surface area (Å²) >= 11 is 0. The molecular formula is C22H28IN5. The number of rotatable bonds is 4. The largest absolute Gasteiger partial charge is 0.368 e. The second-order valence-electron chi connectivity index (χ2n) is 6.89. The summed E-state index contributed by atoms with van der Waals surface area (Å²) in [6, 6.07) is 19.1. The number of aromatic amines is 1. The number of hydrogen-bond donors (Lipinski definition) is 2. The van der Waals surface area contributed by atoms with E-state index in [0.29, 0.717) is 0 Å². The molecule has 0 saturated carbocycles. The van der Waals surface area contributed by atoms with Crippen LogP contribution in [-0.2, 0) is 6.42 Å². The number of guanidine groups is 1. The monoisotopic (exact) mass is 489 g/mol. The van der Waals surface area contributed by atoms with E-state index in [2.05, 4.69) is 85.9 Å². The second-order valence-corrected chi connectivity index (χ2v) is 6.89. The van der Waals surface area contributed by atoms with Gasteiger partial charge in [0.05, 0.1) is 0 Å². The van der Waals surface area contributed by atoms with Crippen molar-refractivity contribution in [2.75, 3.05) is 44.7 Å². The zero-order chi connectivity index (χ0) is 18.5. The average Bonchev–Trinajstić information content (AvgIpc) is 3.15. The number of nitrogens with one attached hydrogen (secondary N) is 2. The average molecular weight is 489 g/mol. The summed E-state index contributed by atoms with van der Waals surface area (Å²) in [6.45, 7) is 4.90.